The Morgan fingerprint density at radius 1 is 1.52 bits per heavy atom. The summed E-state index contributed by atoms with van der Waals surface area (Å²) in [4.78, 5) is 14.4. The van der Waals surface area contributed by atoms with Gasteiger partial charge in [0, 0.05) is 17.3 Å². The van der Waals surface area contributed by atoms with Gasteiger partial charge < -0.3 is 11.1 Å². The molecule has 21 heavy (non-hydrogen) atoms. The van der Waals surface area contributed by atoms with Crippen molar-refractivity contribution in [1.82, 2.24) is 4.90 Å². The molecule has 0 aromatic heterocycles. The average molecular weight is 310 g/mol. The summed E-state index contributed by atoms with van der Waals surface area (Å²) in [5.74, 6) is 1.15. The van der Waals surface area contributed by atoms with Crippen molar-refractivity contribution < 1.29 is 4.79 Å². The number of carbonyl (C=O) groups is 1. The standard InChI is InChI=1S/C16H24ClN3O/c1-11-5-6-20(9-13(11)8-18)10-16(21)19-15-4-3-14(17)7-12(15)2/h3-4,7,11,13H,5-6,8-10,18H2,1-2H3,(H,19,21). The maximum atomic E-state index is 12.2. The first-order valence-electron chi connectivity index (χ1n) is 7.48. The van der Waals surface area contributed by atoms with Crippen molar-refractivity contribution in [1.29, 1.82) is 0 Å². The van der Waals surface area contributed by atoms with Gasteiger partial charge in [-0.25, -0.2) is 0 Å². The Balaban J connectivity index is 1.90. The van der Waals surface area contributed by atoms with Gasteiger partial charge in [-0.15, -0.1) is 0 Å². The first-order chi connectivity index (χ1) is 9.99. The number of hydrogen-bond donors (Lipinski definition) is 2. The predicted molar refractivity (Wildman–Crippen MR) is 87.6 cm³/mol. The van der Waals surface area contributed by atoms with Gasteiger partial charge in [-0.1, -0.05) is 18.5 Å². The lowest BCUT2D eigenvalue weighted by Gasteiger charge is -2.36. The molecule has 1 amide bonds. The number of amides is 1. The number of rotatable bonds is 4. The molecule has 1 saturated heterocycles. The normalized spacial score (nSPS) is 23.0. The molecule has 1 aromatic rings. The van der Waals surface area contributed by atoms with Crippen LogP contribution < -0.4 is 11.1 Å². The molecule has 0 aliphatic carbocycles. The van der Waals surface area contributed by atoms with E-state index >= 15 is 0 Å². The van der Waals surface area contributed by atoms with E-state index < -0.39 is 0 Å². The average Bonchev–Trinajstić information content (AvgIpc) is 2.44. The number of carbonyl (C=O) groups excluding carboxylic acids is 1. The largest absolute Gasteiger partial charge is 0.330 e. The van der Waals surface area contributed by atoms with Crippen molar-refractivity contribution >= 4 is 23.2 Å². The highest BCUT2D eigenvalue weighted by Crippen LogP contribution is 2.22. The van der Waals surface area contributed by atoms with E-state index in [-0.39, 0.29) is 5.91 Å². The first kappa shape index (κ1) is 16.3. The van der Waals surface area contributed by atoms with Gasteiger partial charge in [0.05, 0.1) is 6.54 Å². The van der Waals surface area contributed by atoms with Crippen LogP contribution in [0.25, 0.3) is 0 Å². The fraction of sp³-hybridized carbons (Fsp3) is 0.562. The highest BCUT2D eigenvalue weighted by molar-refractivity contribution is 6.30. The number of nitrogens with one attached hydrogen (secondary N) is 1. The highest BCUT2D eigenvalue weighted by Gasteiger charge is 2.26. The molecule has 0 saturated carbocycles. The van der Waals surface area contributed by atoms with Gasteiger partial charge >= 0.3 is 0 Å². The molecule has 1 heterocycles. The second kappa shape index (κ2) is 7.25. The van der Waals surface area contributed by atoms with Crippen LogP contribution in [-0.2, 0) is 4.79 Å². The van der Waals surface area contributed by atoms with Crippen molar-refractivity contribution in [2.24, 2.45) is 17.6 Å². The third-order valence-corrected chi connectivity index (χ3v) is 4.57. The maximum Gasteiger partial charge on any atom is 0.238 e. The molecule has 5 heteroatoms. The Morgan fingerprint density at radius 3 is 2.95 bits per heavy atom. The molecule has 4 nitrogen and oxygen atoms in total. The van der Waals surface area contributed by atoms with Gasteiger partial charge in [-0.2, -0.15) is 0 Å². The van der Waals surface area contributed by atoms with Crippen LogP contribution in [0.5, 0.6) is 0 Å². The minimum Gasteiger partial charge on any atom is -0.330 e. The van der Waals surface area contributed by atoms with Gasteiger partial charge in [-0.3, -0.25) is 9.69 Å². The van der Waals surface area contributed by atoms with Gasteiger partial charge in [0.1, 0.15) is 0 Å². The van der Waals surface area contributed by atoms with E-state index in [4.69, 9.17) is 17.3 Å². The molecular weight excluding hydrogens is 286 g/mol. The number of piperidine rings is 1. The quantitative estimate of drug-likeness (QED) is 0.898. The van der Waals surface area contributed by atoms with Gasteiger partial charge in [0.25, 0.3) is 0 Å². The second-order valence-corrected chi connectivity index (χ2v) is 6.44. The Hall–Kier alpha value is -1.10. The van der Waals surface area contributed by atoms with Gasteiger partial charge in [-0.05, 0) is 62.0 Å². The predicted octanol–water partition coefficient (Wildman–Crippen LogP) is 2.50. The lowest BCUT2D eigenvalue weighted by Crippen LogP contribution is -2.45. The Labute approximate surface area is 131 Å². The number of nitrogens with two attached hydrogens (primary N) is 1. The highest BCUT2D eigenvalue weighted by atomic mass is 35.5. The monoisotopic (exact) mass is 309 g/mol. The molecule has 2 rings (SSSR count). The van der Waals surface area contributed by atoms with E-state index in [0.29, 0.717) is 29.9 Å². The molecule has 0 radical (unpaired) electrons. The Kier molecular flexibility index (Phi) is 5.62. The summed E-state index contributed by atoms with van der Waals surface area (Å²) in [6.45, 7) is 7.16. The number of anilines is 1. The zero-order valence-corrected chi connectivity index (χ0v) is 13.5. The molecule has 116 valence electrons. The number of halogens is 1. The molecule has 1 fully saturated rings. The number of nitrogens with zero attached hydrogens (tertiary/aromatic N) is 1. The van der Waals surface area contributed by atoms with E-state index in [0.717, 1.165) is 30.8 Å². The number of hydrogen-bond acceptors (Lipinski definition) is 3. The van der Waals surface area contributed by atoms with Crippen molar-refractivity contribution in [2.75, 3.05) is 31.5 Å². The van der Waals surface area contributed by atoms with Crippen molar-refractivity contribution in [3.63, 3.8) is 0 Å². The van der Waals surface area contributed by atoms with Crippen molar-refractivity contribution in [2.45, 2.75) is 20.3 Å². The zero-order valence-electron chi connectivity index (χ0n) is 12.7. The molecule has 1 aromatic carbocycles. The van der Waals surface area contributed by atoms with Crippen molar-refractivity contribution in [3.8, 4) is 0 Å². The molecule has 2 unspecified atom stereocenters. The Morgan fingerprint density at radius 2 is 2.29 bits per heavy atom. The molecule has 1 aliphatic heterocycles. The number of aryl methyl sites for hydroxylation is 1. The minimum atomic E-state index is 0.0192. The summed E-state index contributed by atoms with van der Waals surface area (Å²) in [5.41, 5.74) is 7.60. The molecule has 0 bridgehead atoms. The summed E-state index contributed by atoms with van der Waals surface area (Å²) in [6, 6.07) is 5.48. The van der Waals surface area contributed by atoms with E-state index in [1.165, 1.54) is 0 Å². The van der Waals surface area contributed by atoms with Crippen LogP contribution in [0.2, 0.25) is 5.02 Å². The molecular formula is C16H24ClN3O. The fourth-order valence-electron chi connectivity index (χ4n) is 2.84. The SMILES string of the molecule is Cc1cc(Cl)ccc1NC(=O)CN1CCC(C)C(CN)C1. The second-order valence-electron chi connectivity index (χ2n) is 6.00. The summed E-state index contributed by atoms with van der Waals surface area (Å²) in [6.07, 6.45) is 1.11. The van der Waals surface area contributed by atoms with Crippen LogP contribution in [0.4, 0.5) is 5.69 Å². The first-order valence-corrected chi connectivity index (χ1v) is 7.86. The van der Waals surface area contributed by atoms with Crippen LogP contribution in [-0.4, -0.2) is 37.0 Å². The number of likely N-dealkylation sites (tertiary alicyclic amines) is 1. The Bertz CT molecular complexity index is 506. The van der Waals surface area contributed by atoms with E-state index in [2.05, 4.69) is 17.1 Å². The molecule has 0 spiro atoms. The molecule has 1 aliphatic rings. The third-order valence-electron chi connectivity index (χ3n) is 4.33. The minimum absolute atomic E-state index is 0.0192. The summed E-state index contributed by atoms with van der Waals surface area (Å²) >= 11 is 5.92. The maximum absolute atomic E-state index is 12.2. The van der Waals surface area contributed by atoms with Crippen LogP contribution in [0.1, 0.15) is 18.9 Å². The van der Waals surface area contributed by atoms with E-state index in [1.807, 2.05) is 19.1 Å². The molecule has 3 N–H and O–H groups in total. The topological polar surface area (TPSA) is 58.4 Å². The lowest BCUT2D eigenvalue weighted by molar-refractivity contribution is -0.117. The van der Waals surface area contributed by atoms with Gasteiger partial charge in [0.2, 0.25) is 5.91 Å². The third kappa shape index (κ3) is 4.43. The molecule has 2 atom stereocenters. The van der Waals surface area contributed by atoms with E-state index in [9.17, 15) is 4.79 Å². The van der Waals surface area contributed by atoms with Crippen LogP contribution in [0.15, 0.2) is 18.2 Å². The van der Waals surface area contributed by atoms with Crippen molar-refractivity contribution in [3.05, 3.63) is 28.8 Å². The summed E-state index contributed by atoms with van der Waals surface area (Å²) < 4.78 is 0. The summed E-state index contributed by atoms with van der Waals surface area (Å²) in [5, 5.41) is 3.64. The smallest absolute Gasteiger partial charge is 0.238 e. The number of benzene rings is 1. The van der Waals surface area contributed by atoms with Crippen LogP contribution in [0.3, 0.4) is 0 Å². The summed E-state index contributed by atoms with van der Waals surface area (Å²) in [7, 11) is 0. The van der Waals surface area contributed by atoms with Gasteiger partial charge in [0.15, 0.2) is 0 Å². The zero-order chi connectivity index (χ0) is 15.4. The fourth-order valence-corrected chi connectivity index (χ4v) is 3.06. The van der Waals surface area contributed by atoms with Crippen LogP contribution >= 0.6 is 11.6 Å². The van der Waals surface area contributed by atoms with E-state index in [1.54, 1.807) is 6.07 Å². The van der Waals surface area contributed by atoms with Crippen LogP contribution in [0, 0.1) is 18.8 Å². The lowest BCUT2D eigenvalue weighted by atomic mass is 9.87.